The predicted molar refractivity (Wildman–Crippen MR) is 109 cm³/mol. The summed E-state index contributed by atoms with van der Waals surface area (Å²) in [5.41, 5.74) is 2.45. The summed E-state index contributed by atoms with van der Waals surface area (Å²) in [4.78, 5) is 40.4. The zero-order valence-corrected chi connectivity index (χ0v) is 17.2. The van der Waals surface area contributed by atoms with E-state index in [1.54, 1.807) is 13.0 Å². The first-order chi connectivity index (χ1) is 14.3. The number of piperazine rings is 1. The fourth-order valence-electron chi connectivity index (χ4n) is 4.00. The zero-order chi connectivity index (χ0) is 21.4. The van der Waals surface area contributed by atoms with E-state index in [0.29, 0.717) is 42.4 Å². The number of aromatic nitrogens is 2. The number of nitrogens with one attached hydrogen (secondary N) is 1. The molecule has 158 valence electrons. The molecule has 4 rings (SSSR count). The van der Waals surface area contributed by atoms with Gasteiger partial charge in [-0.15, -0.1) is 0 Å². The highest BCUT2D eigenvalue weighted by Gasteiger charge is 2.34. The maximum Gasteiger partial charge on any atom is 0.267 e. The van der Waals surface area contributed by atoms with Crippen LogP contribution in [0.5, 0.6) is 0 Å². The van der Waals surface area contributed by atoms with E-state index in [0.717, 1.165) is 24.8 Å². The van der Waals surface area contributed by atoms with Crippen molar-refractivity contribution in [3.63, 3.8) is 0 Å². The third-order valence-electron chi connectivity index (χ3n) is 6.32. The summed E-state index contributed by atoms with van der Waals surface area (Å²) in [6.45, 7) is 4.43. The molecule has 0 spiro atoms. The Hall–Kier alpha value is -3.03. The van der Waals surface area contributed by atoms with Crippen LogP contribution < -0.4 is 5.56 Å². The summed E-state index contributed by atoms with van der Waals surface area (Å²) in [7, 11) is 0. The summed E-state index contributed by atoms with van der Waals surface area (Å²) < 4.78 is 14.5. The van der Waals surface area contributed by atoms with Crippen LogP contribution in [0, 0.1) is 19.7 Å². The molecule has 8 heteroatoms. The van der Waals surface area contributed by atoms with Crippen LogP contribution >= 0.6 is 0 Å². The Morgan fingerprint density at radius 3 is 2.63 bits per heavy atom. The molecule has 1 aromatic heterocycles. The standard InChI is InChI=1S/C22H25FN4O3/c1-13-14(2)21(29)25-24-19(13)11-15-6-7-18(23)17(10-15)22(30)26-8-9-27(20(28)12-26)16-4-3-5-16/h6-7,10,16H,3-5,8-9,11-12H2,1-2H3,(H,25,29). The lowest BCUT2D eigenvalue weighted by Crippen LogP contribution is -2.56. The van der Waals surface area contributed by atoms with Crippen molar-refractivity contribution in [3.8, 4) is 0 Å². The number of amides is 2. The molecule has 2 aliphatic rings. The van der Waals surface area contributed by atoms with Gasteiger partial charge in [-0.25, -0.2) is 9.49 Å². The predicted octanol–water partition coefficient (Wildman–Crippen LogP) is 1.95. The quantitative estimate of drug-likeness (QED) is 0.832. The lowest BCUT2D eigenvalue weighted by Gasteiger charge is -2.42. The molecule has 2 aromatic rings. The van der Waals surface area contributed by atoms with Crippen LogP contribution in [0.4, 0.5) is 4.39 Å². The number of halogens is 1. The molecule has 2 amide bonds. The molecule has 1 aliphatic carbocycles. The maximum atomic E-state index is 14.5. The van der Waals surface area contributed by atoms with Gasteiger partial charge in [0.05, 0.1) is 11.3 Å². The SMILES string of the molecule is Cc1c(Cc2ccc(F)c(C(=O)N3CCN(C4CCC4)C(=O)C3)c2)n[nH]c(=O)c1C. The molecule has 0 radical (unpaired) electrons. The lowest BCUT2D eigenvalue weighted by molar-refractivity contribution is -0.139. The van der Waals surface area contributed by atoms with Crippen molar-refractivity contribution in [1.29, 1.82) is 0 Å². The highest BCUT2D eigenvalue weighted by Crippen LogP contribution is 2.26. The summed E-state index contributed by atoms with van der Waals surface area (Å²) in [5.74, 6) is -1.15. The van der Waals surface area contributed by atoms with Crippen molar-refractivity contribution in [3.05, 3.63) is 62.3 Å². The number of H-pyrrole nitrogens is 1. The third kappa shape index (κ3) is 3.74. The monoisotopic (exact) mass is 412 g/mol. The molecular formula is C22H25FN4O3. The molecule has 7 nitrogen and oxygen atoms in total. The van der Waals surface area contributed by atoms with Crippen molar-refractivity contribution in [2.24, 2.45) is 0 Å². The van der Waals surface area contributed by atoms with Crippen LogP contribution in [-0.4, -0.2) is 57.5 Å². The average molecular weight is 412 g/mol. The van der Waals surface area contributed by atoms with E-state index < -0.39 is 11.7 Å². The van der Waals surface area contributed by atoms with Gasteiger partial charge in [0.1, 0.15) is 12.4 Å². The highest BCUT2D eigenvalue weighted by molar-refractivity contribution is 5.97. The van der Waals surface area contributed by atoms with Gasteiger partial charge in [-0.05, 0) is 56.4 Å². The van der Waals surface area contributed by atoms with Crippen molar-refractivity contribution >= 4 is 11.8 Å². The minimum Gasteiger partial charge on any atom is -0.336 e. The Bertz CT molecular complexity index is 1060. The maximum absolute atomic E-state index is 14.5. The molecule has 2 heterocycles. The van der Waals surface area contributed by atoms with Gasteiger partial charge in [-0.3, -0.25) is 14.4 Å². The van der Waals surface area contributed by atoms with Crippen LogP contribution in [0.1, 0.15) is 52.0 Å². The molecule has 1 N–H and O–H groups in total. The van der Waals surface area contributed by atoms with Crippen molar-refractivity contribution in [2.45, 2.75) is 45.6 Å². The number of hydrogen-bond donors (Lipinski definition) is 1. The molecule has 30 heavy (non-hydrogen) atoms. The van der Waals surface area contributed by atoms with Crippen molar-refractivity contribution in [1.82, 2.24) is 20.0 Å². The summed E-state index contributed by atoms with van der Waals surface area (Å²) >= 11 is 0. The normalized spacial score (nSPS) is 17.2. The smallest absolute Gasteiger partial charge is 0.267 e. The van der Waals surface area contributed by atoms with E-state index in [1.807, 2.05) is 11.8 Å². The Balaban J connectivity index is 1.52. The van der Waals surface area contributed by atoms with Gasteiger partial charge in [0, 0.05) is 31.1 Å². The second-order valence-corrected chi connectivity index (χ2v) is 8.14. The largest absolute Gasteiger partial charge is 0.336 e. The van der Waals surface area contributed by atoms with Gasteiger partial charge >= 0.3 is 0 Å². The van der Waals surface area contributed by atoms with E-state index in [4.69, 9.17) is 0 Å². The average Bonchev–Trinajstić information content (AvgIpc) is 2.69. The highest BCUT2D eigenvalue weighted by atomic mass is 19.1. The van der Waals surface area contributed by atoms with Gasteiger partial charge in [0.15, 0.2) is 0 Å². The van der Waals surface area contributed by atoms with E-state index in [1.165, 1.54) is 17.0 Å². The number of carbonyl (C=O) groups is 2. The Morgan fingerprint density at radius 1 is 1.20 bits per heavy atom. The molecule has 0 bridgehead atoms. The molecule has 1 saturated heterocycles. The number of nitrogens with zero attached hydrogens (tertiary/aromatic N) is 3. The van der Waals surface area contributed by atoms with Gasteiger partial charge in [0.25, 0.3) is 11.5 Å². The van der Waals surface area contributed by atoms with Gasteiger partial charge in [-0.1, -0.05) is 6.07 Å². The van der Waals surface area contributed by atoms with E-state index in [9.17, 15) is 18.8 Å². The van der Waals surface area contributed by atoms with Crippen LogP contribution in [0.15, 0.2) is 23.0 Å². The van der Waals surface area contributed by atoms with Gasteiger partial charge in [-0.2, -0.15) is 5.10 Å². The second kappa shape index (κ2) is 8.01. The molecule has 1 aromatic carbocycles. The Labute approximate surface area is 173 Å². The minimum absolute atomic E-state index is 0.0151. The number of hydrogen-bond acceptors (Lipinski definition) is 4. The first-order valence-corrected chi connectivity index (χ1v) is 10.3. The number of carbonyl (C=O) groups excluding carboxylic acids is 2. The first kappa shape index (κ1) is 20.3. The third-order valence-corrected chi connectivity index (χ3v) is 6.32. The number of rotatable bonds is 4. The number of aromatic amines is 1. The number of benzene rings is 1. The molecule has 0 unspecified atom stereocenters. The molecule has 1 saturated carbocycles. The Morgan fingerprint density at radius 2 is 1.97 bits per heavy atom. The van der Waals surface area contributed by atoms with E-state index in [-0.39, 0.29) is 23.6 Å². The molecule has 1 aliphatic heterocycles. The van der Waals surface area contributed by atoms with Crippen LogP contribution in [0.25, 0.3) is 0 Å². The van der Waals surface area contributed by atoms with Gasteiger partial charge < -0.3 is 9.80 Å². The molecule has 2 fully saturated rings. The molecule has 0 atom stereocenters. The summed E-state index contributed by atoms with van der Waals surface area (Å²) in [6.07, 6.45) is 3.54. The van der Waals surface area contributed by atoms with E-state index in [2.05, 4.69) is 10.2 Å². The topological polar surface area (TPSA) is 86.4 Å². The minimum atomic E-state index is -0.611. The van der Waals surface area contributed by atoms with E-state index >= 15 is 0 Å². The van der Waals surface area contributed by atoms with Crippen molar-refractivity contribution < 1.29 is 14.0 Å². The fraction of sp³-hybridized carbons (Fsp3) is 0.455. The fourth-order valence-corrected chi connectivity index (χ4v) is 4.00. The van der Waals surface area contributed by atoms with Crippen LogP contribution in [0.3, 0.4) is 0 Å². The van der Waals surface area contributed by atoms with Gasteiger partial charge in [0.2, 0.25) is 5.91 Å². The van der Waals surface area contributed by atoms with Crippen LogP contribution in [-0.2, 0) is 11.2 Å². The summed E-state index contributed by atoms with van der Waals surface area (Å²) in [6, 6.07) is 4.68. The summed E-state index contributed by atoms with van der Waals surface area (Å²) in [5, 5.41) is 6.55. The first-order valence-electron chi connectivity index (χ1n) is 10.3. The second-order valence-electron chi connectivity index (χ2n) is 8.14. The van der Waals surface area contributed by atoms with Crippen LogP contribution in [0.2, 0.25) is 0 Å². The lowest BCUT2D eigenvalue weighted by atomic mass is 9.91. The zero-order valence-electron chi connectivity index (χ0n) is 17.2. The Kier molecular flexibility index (Phi) is 5.40. The van der Waals surface area contributed by atoms with Crippen molar-refractivity contribution in [2.75, 3.05) is 19.6 Å². The molecular weight excluding hydrogens is 387 g/mol.